The molecule has 0 saturated carbocycles. The third-order valence-electron chi connectivity index (χ3n) is 4.21. The van der Waals surface area contributed by atoms with Crippen LogP contribution in [0, 0.1) is 0 Å². The lowest BCUT2D eigenvalue weighted by Gasteiger charge is -2.30. The van der Waals surface area contributed by atoms with Gasteiger partial charge in [0.2, 0.25) is 11.8 Å². The molecule has 5 nitrogen and oxygen atoms in total. The first kappa shape index (κ1) is 19.8. The van der Waals surface area contributed by atoms with Gasteiger partial charge in [0.15, 0.2) is 0 Å². The summed E-state index contributed by atoms with van der Waals surface area (Å²) < 4.78 is 5.42. The number of furan rings is 1. The van der Waals surface area contributed by atoms with E-state index < -0.39 is 0 Å². The Balaban J connectivity index is 2.14. The zero-order valence-electron chi connectivity index (χ0n) is 15.9. The third kappa shape index (κ3) is 5.76. The average molecular weight is 356 g/mol. The van der Waals surface area contributed by atoms with Gasteiger partial charge in [-0.2, -0.15) is 0 Å². The van der Waals surface area contributed by atoms with E-state index in [1.165, 1.54) is 0 Å². The highest BCUT2D eigenvalue weighted by Gasteiger charge is 2.23. The molecule has 0 unspecified atom stereocenters. The molecule has 0 N–H and O–H groups in total. The molecule has 2 rings (SSSR count). The van der Waals surface area contributed by atoms with Crippen molar-refractivity contribution >= 4 is 11.8 Å². The molecule has 2 aromatic rings. The maximum atomic E-state index is 13.0. The predicted molar refractivity (Wildman–Crippen MR) is 101 cm³/mol. The van der Waals surface area contributed by atoms with E-state index in [4.69, 9.17) is 4.42 Å². The number of hydrogen-bond donors (Lipinski definition) is 0. The molecule has 1 aromatic carbocycles. The predicted octanol–water partition coefficient (Wildman–Crippen LogP) is 3.85. The third-order valence-corrected chi connectivity index (χ3v) is 4.21. The van der Waals surface area contributed by atoms with Crippen molar-refractivity contribution < 1.29 is 14.0 Å². The molecule has 5 heteroatoms. The smallest absolute Gasteiger partial charge is 0.242 e. The van der Waals surface area contributed by atoms with Gasteiger partial charge in [-0.15, -0.1) is 0 Å². The molecule has 0 aliphatic heterocycles. The Morgan fingerprint density at radius 3 is 2.31 bits per heavy atom. The highest BCUT2D eigenvalue weighted by Crippen LogP contribution is 2.13. The van der Waals surface area contributed by atoms with E-state index in [0.717, 1.165) is 17.7 Å². The van der Waals surface area contributed by atoms with Gasteiger partial charge in [-0.3, -0.25) is 9.59 Å². The molecular formula is C21H28N2O3. The minimum Gasteiger partial charge on any atom is -0.467 e. The van der Waals surface area contributed by atoms with Gasteiger partial charge in [-0.25, -0.2) is 0 Å². The number of benzene rings is 1. The molecule has 1 aromatic heterocycles. The molecule has 0 aliphatic carbocycles. The summed E-state index contributed by atoms with van der Waals surface area (Å²) >= 11 is 0. The van der Waals surface area contributed by atoms with Gasteiger partial charge in [0.05, 0.1) is 19.4 Å². The molecular weight excluding hydrogens is 328 g/mol. The normalized spacial score (nSPS) is 10.8. The summed E-state index contributed by atoms with van der Waals surface area (Å²) in [7, 11) is 0. The molecule has 0 bridgehead atoms. The second kappa shape index (κ2) is 9.80. The van der Waals surface area contributed by atoms with E-state index in [9.17, 15) is 9.59 Å². The summed E-state index contributed by atoms with van der Waals surface area (Å²) in [6.07, 6.45) is 2.84. The number of nitrogens with zero attached hydrogens (tertiary/aromatic N) is 2. The zero-order chi connectivity index (χ0) is 18.9. The van der Waals surface area contributed by atoms with Crippen LogP contribution in [-0.2, 0) is 22.7 Å². The van der Waals surface area contributed by atoms with E-state index in [1.54, 1.807) is 16.1 Å². The van der Waals surface area contributed by atoms with Crippen molar-refractivity contribution in [3.63, 3.8) is 0 Å². The minimum absolute atomic E-state index is 0.0137. The fraction of sp³-hybridized carbons (Fsp3) is 0.429. The number of carbonyl (C=O) groups is 2. The monoisotopic (exact) mass is 356 g/mol. The molecule has 1 heterocycles. The van der Waals surface area contributed by atoms with Crippen LogP contribution in [0.5, 0.6) is 0 Å². The van der Waals surface area contributed by atoms with E-state index in [1.807, 2.05) is 63.2 Å². The first-order chi connectivity index (χ1) is 12.5. The minimum atomic E-state index is -0.0802. The van der Waals surface area contributed by atoms with Crippen LogP contribution in [0.15, 0.2) is 53.1 Å². The van der Waals surface area contributed by atoms with Crippen LogP contribution < -0.4 is 0 Å². The summed E-state index contributed by atoms with van der Waals surface area (Å²) in [5.74, 6) is 0.669. The van der Waals surface area contributed by atoms with E-state index in [2.05, 4.69) is 0 Å². The highest BCUT2D eigenvalue weighted by atomic mass is 16.3. The molecule has 0 radical (unpaired) electrons. The van der Waals surface area contributed by atoms with Crippen LogP contribution in [0.25, 0.3) is 0 Å². The first-order valence-corrected chi connectivity index (χ1v) is 9.14. The van der Waals surface area contributed by atoms with Gasteiger partial charge < -0.3 is 14.2 Å². The molecule has 0 aliphatic rings. The molecule has 0 fully saturated rings. The lowest BCUT2D eigenvalue weighted by atomic mass is 10.2. The van der Waals surface area contributed by atoms with Crippen LogP contribution in [0.2, 0.25) is 0 Å². The van der Waals surface area contributed by atoms with Gasteiger partial charge in [0.1, 0.15) is 5.76 Å². The molecule has 0 atom stereocenters. The van der Waals surface area contributed by atoms with Crippen molar-refractivity contribution in [2.45, 2.75) is 52.7 Å². The number of amides is 2. The van der Waals surface area contributed by atoms with Crippen LogP contribution in [-0.4, -0.2) is 34.2 Å². The van der Waals surface area contributed by atoms with Crippen LogP contribution in [0.3, 0.4) is 0 Å². The second-order valence-electron chi connectivity index (χ2n) is 6.68. The number of carbonyl (C=O) groups excluding carboxylic acids is 2. The molecule has 0 spiro atoms. The summed E-state index contributed by atoms with van der Waals surface area (Å²) in [4.78, 5) is 28.7. The quantitative estimate of drug-likeness (QED) is 0.686. The van der Waals surface area contributed by atoms with Crippen LogP contribution >= 0.6 is 0 Å². The summed E-state index contributed by atoms with van der Waals surface area (Å²) in [5, 5.41) is 0. The Bertz CT molecular complexity index is 681. The van der Waals surface area contributed by atoms with Crippen LogP contribution in [0.1, 0.15) is 44.9 Å². The SMILES string of the molecule is CCCC(=O)N(CC(=O)N(Cc1ccccc1)Cc1ccco1)C(C)C. The Hall–Kier alpha value is -2.56. The summed E-state index contributed by atoms with van der Waals surface area (Å²) in [6.45, 7) is 6.80. The summed E-state index contributed by atoms with van der Waals surface area (Å²) in [5.41, 5.74) is 1.04. The number of rotatable bonds is 9. The van der Waals surface area contributed by atoms with Crippen molar-refractivity contribution in [3.05, 3.63) is 60.1 Å². The lowest BCUT2D eigenvalue weighted by Crippen LogP contribution is -2.45. The second-order valence-corrected chi connectivity index (χ2v) is 6.68. The first-order valence-electron chi connectivity index (χ1n) is 9.14. The topological polar surface area (TPSA) is 53.8 Å². The largest absolute Gasteiger partial charge is 0.467 e. The Labute approximate surface area is 155 Å². The Morgan fingerprint density at radius 2 is 1.73 bits per heavy atom. The van der Waals surface area contributed by atoms with Crippen molar-refractivity contribution in [2.75, 3.05) is 6.54 Å². The molecule has 0 saturated heterocycles. The van der Waals surface area contributed by atoms with Gasteiger partial charge in [-0.05, 0) is 38.0 Å². The molecule has 140 valence electrons. The van der Waals surface area contributed by atoms with Crippen molar-refractivity contribution in [3.8, 4) is 0 Å². The summed E-state index contributed by atoms with van der Waals surface area (Å²) in [6, 6.07) is 13.5. The van der Waals surface area contributed by atoms with E-state index >= 15 is 0 Å². The average Bonchev–Trinajstić information content (AvgIpc) is 3.12. The van der Waals surface area contributed by atoms with Crippen molar-refractivity contribution in [1.29, 1.82) is 0 Å². The Kier molecular flexibility index (Phi) is 7.45. The van der Waals surface area contributed by atoms with Crippen LogP contribution in [0.4, 0.5) is 0 Å². The van der Waals surface area contributed by atoms with Gasteiger partial charge in [0.25, 0.3) is 0 Å². The van der Waals surface area contributed by atoms with E-state index in [0.29, 0.717) is 19.5 Å². The fourth-order valence-corrected chi connectivity index (χ4v) is 2.79. The maximum Gasteiger partial charge on any atom is 0.242 e. The standard InChI is InChI=1S/C21H28N2O3/c1-4-9-20(24)23(17(2)3)16-21(25)22(15-19-12-8-13-26-19)14-18-10-6-5-7-11-18/h5-8,10-13,17H,4,9,14-16H2,1-3H3. The van der Waals surface area contributed by atoms with E-state index in [-0.39, 0.29) is 24.4 Å². The lowest BCUT2D eigenvalue weighted by molar-refractivity contribution is -0.142. The molecule has 26 heavy (non-hydrogen) atoms. The maximum absolute atomic E-state index is 13.0. The fourth-order valence-electron chi connectivity index (χ4n) is 2.79. The van der Waals surface area contributed by atoms with Gasteiger partial charge in [-0.1, -0.05) is 37.3 Å². The highest BCUT2D eigenvalue weighted by molar-refractivity contribution is 5.85. The molecule has 2 amide bonds. The Morgan fingerprint density at radius 1 is 1.00 bits per heavy atom. The van der Waals surface area contributed by atoms with Crippen molar-refractivity contribution in [2.24, 2.45) is 0 Å². The number of hydrogen-bond acceptors (Lipinski definition) is 3. The van der Waals surface area contributed by atoms with Gasteiger partial charge >= 0.3 is 0 Å². The van der Waals surface area contributed by atoms with Crippen molar-refractivity contribution in [1.82, 2.24) is 9.80 Å². The zero-order valence-corrected chi connectivity index (χ0v) is 15.9. The van der Waals surface area contributed by atoms with Gasteiger partial charge in [0, 0.05) is 19.0 Å².